The van der Waals surface area contributed by atoms with E-state index < -0.39 is 0 Å². The Balaban J connectivity index is 2.52. The van der Waals surface area contributed by atoms with Crippen molar-refractivity contribution in [1.29, 1.82) is 0 Å². The lowest BCUT2D eigenvalue weighted by Gasteiger charge is -1.97. The summed E-state index contributed by atoms with van der Waals surface area (Å²) in [5, 5.41) is 8.89. The highest BCUT2D eigenvalue weighted by atomic mass is 127. The summed E-state index contributed by atoms with van der Waals surface area (Å²) in [7, 11) is 0. The summed E-state index contributed by atoms with van der Waals surface area (Å²) in [4.78, 5) is 4.27. The van der Waals surface area contributed by atoms with Gasteiger partial charge in [-0.15, -0.1) is 10.2 Å². The van der Waals surface area contributed by atoms with Crippen molar-refractivity contribution in [2.24, 2.45) is 0 Å². The molecule has 0 radical (unpaired) electrons. The number of aryl methyl sites for hydroxylation is 1. The van der Waals surface area contributed by atoms with Crippen LogP contribution in [-0.2, 0) is 0 Å². The third-order valence-corrected chi connectivity index (χ3v) is 3.21. The Hall–Kier alpha value is -0.560. The monoisotopic (exact) mass is 303 g/mol. The van der Waals surface area contributed by atoms with Crippen LogP contribution in [0.5, 0.6) is 0 Å². The zero-order valence-electron chi connectivity index (χ0n) is 6.86. The molecule has 0 unspecified atom stereocenters. The van der Waals surface area contributed by atoms with Gasteiger partial charge in [-0.2, -0.15) is 0 Å². The Morgan fingerprint density at radius 1 is 1.38 bits per heavy atom. The topological polar surface area (TPSA) is 38.7 Å². The molecule has 0 amide bonds. The Morgan fingerprint density at radius 3 is 2.85 bits per heavy atom. The highest BCUT2D eigenvalue weighted by Gasteiger charge is 2.07. The van der Waals surface area contributed by atoms with Gasteiger partial charge in [0.1, 0.15) is 5.69 Å². The van der Waals surface area contributed by atoms with Gasteiger partial charge in [-0.25, -0.2) is 0 Å². The van der Waals surface area contributed by atoms with E-state index in [-0.39, 0.29) is 0 Å². The summed E-state index contributed by atoms with van der Waals surface area (Å²) in [5.41, 5.74) is 2.07. The fourth-order valence-corrected chi connectivity index (χ4v) is 2.38. The first-order valence-electron chi connectivity index (χ1n) is 3.68. The van der Waals surface area contributed by atoms with E-state index in [4.69, 9.17) is 0 Å². The second-order valence-electron chi connectivity index (χ2n) is 2.53. The molecule has 0 saturated heterocycles. The highest BCUT2D eigenvalue weighted by molar-refractivity contribution is 14.1. The molecule has 0 fully saturated rings. The number of pyridine rings is 1. The molecule has 2 rings (SSSR count). The number of aromatic nitrogens is 3. The van der Waals surface area contributed by atoms with Crippen molar-refractivity contribution in [2.45, 2.75) is 6.92 Å². The van der Waals surface area contributed by atoms with Gasteiger partial charge in [-0.05, 0) is 41.1 Å². The van der Waals surface area contributed by atoms with E-state index in [1.165, 1.54) is 0 Å². The molecule has 0 atom stereocenters. The van der Waals surface area contributed by atoms with Gasteiger partial charge in [0.15, 0.2) is 8.02 Å². The molecular formula is C8H6IN3S. The van der Waals surface area contributed by atoms with Crippen molar-refractivity contribution in [3.05, 3.63) is 26.9 Å². The van der Waals surface area contributed by atoms with E-state index in [0.29, 0.717) is 0 Å². The minimum atomic E-state index is 0.891. The van der Waals surface area contributed by atoms with Crippen molar-refractivity contribution in [3.63, 3.8) is 0 Å². The molecule has 2 aromatic rings. The zero-order chi connectivity index (χ0) is 9.26. The molecule has 66 valence electrons. The Morgan fingerprint density at radius 2 is 2.23 bits per heavy atom. The second-order valence-corrected chi connectivity index (χ2v) is 5.26. The molecular weight excluding hydrogens is 297 g/mol. The summed E-state index contributed by atoms with van der Waals surface area (Å²) in [6.07, 6.45) is 1.77. The van der Waals surface area contributed by atoms with Gasteiger partial charge >= 0.3 is 0 Å². The summed E-state index contributed by atoms with van der Waals surface area (Å²) in [6, 6.07) is 3.95. The standard InChI is InChI=1S/C8H6IN3S/c1-5-3-2-4-10-6(5)7-11-12-8(9)13-7/h2-4H,1H3. The SMILES string of the molecule is Cc1cccnc1-c1nnc(I)s1. The van der Waals surface area contributed by atoms with Gasteiger partial charge in [0, 0.05) is 6.20 Å². The van der Waals surface area contributed by atoms with Crippen LogP contribution >= 0.6 is 33.9 Å². The van der Waals surface area contributed by atoms with Gasteiger partial charge in [0.2, 0.25) is 0 Å². The number of nitrogens with zero attached hydrogens (tertiary/aromatic N) is 3. The average molecular weight is 303 g/mol. The van der Waals surface area contributed by atoms with E-state index in [9.17, 15) is 0 Å². The Bertz CT molecular complexity index is 427. The van der Waals surface area contributed by atoms with Crippen molar-refractivity contribution in [3.8, 4) is 10.7 Å². The molecule has 0 aliphatic heterocycles. The van der Waals surface area contributed by atoms with Crippen LogP contribution in [0.3, 0.4) is 0 Å². The van der Waals surface area contributed by atoms with E-state index in [1.54, 1.807) is 17.5 Å². The zero-order valence-corrected chi connectivity index (χ0v) is 9.83. The van der Waals surface area contributed by atoms with E-state index in [0.717, 1.165) is 19.3 Å². The Labute approximate surface area is 93.4 Å². The predicted molar refractivity (Wildman–Crippen MR) is 60.6 cm³/mol. The average Bonchev–Trinajstić information content (AvgIpc) is 2.53. The normalized spacial score (nSPS) is 10.3. The van der Waals surface area contributed by atoms with Crippen LogP contribution in [0.2, 0.25) is 0 Å². The quantitative estimate of drug-likeness (QED) is 0.760. The van der Waals surface area contributed by atoms with Gasteiger partial charge in [0.25, 0.3) is 0 Å². The molecule has 2 heterocycles. The maximum atomic E-state index is 4.27. The molecule has 0 bridgehead atoms. The molecule has 0 N–H and O–H groups in total. The first kappa shape index (κ1) is 9.01. The molecule has 13 heavy (non-hydrogen) atoms. The molecule has 0 aliphatic rings. The van der Waals surface area contributed by atoms with Gasteiger partial charge < -0.3 is 0 Å². The van der Waals surface area contributed by atoms with Crippen LogP contribution < -0.4 is 0 Å². The molecule has 5 heteroatoms. The van der Waals surface area contributed by atoms with E-state index >= 15 is 0 Å². The van der Waals surface area contributed by atoms with Crippen LogP contribution in [0.15, 0.2) is 18.3 Å². The van der Waals surface area contributed by atoms with Gasteiger partial charge in [0.05, 0.1) is 0 Å². The van der Waals surface area contributed by atoms with Crippen LogP contribution in [-0.4, -0.2) is 15.2 Å². The Kier molecular flexibility index (Phi) is 2.54. The fourth-order valence-electron chi connectivity index (χ4n) is 1.01. The minimum absolute atomic E-state index is 0.891. The van der Waals surface area contributed by atoms with Crippen LogP contribution in [0, 0.1) is 9.94 Å². The van der Waals surface area contributed by atoms with Crippen LogP contribution in [0.1, 0.15) is 5.56 Å². The minimum Gasteiger partial charge on any atom is -0.253 e. The first-order chi connectivity index (χ1) is 6.27. The number of rotatable bonds is 1. The van der Waals surface area contributed by atoms with Gasteiger partial charge in [-0.1, -0.05) is 17.4 Å². The molecule has 2 aromatic heterocycles. The molecule has 0 aliphatic carbocycles. The largest absolute Gasteiger partial charge is 0.253 e. The van der Waals surface area contributed by atoms with Crippen molar-refractivity contribution < 1.29 is 0 Å². The second kappa shape index (κ2) is 3.67. The van der Waals surface area contributed by atoms with Crippen LogP contribution in [0.4, 0.5) is 0 Å². The smallest absolute Gasteiger partial charge is 0.178 e. The summed E-state index contributed by atoms with van der Waals surface area (Å²) >= 11 is 3.71. The number of hydrogen-bond acceptors (Lipinski definition) is 4. The molecule has 3 nitrogen and oxygen atoms in total. The summed E-state index contributed by atoms with van der Waals surface area (Å²) in [6.45, 7) is 2.02. The van der Waals surface area contributed by atoms with Crippen molar-refractivity contribution in [1.82, 2.24) is 15.2 Å². The molecule has 0 saturated carbocycles. The fraction of sp³-hybridized carbons (Fsp3) is 0.125. The first-order valence-corrected chi connectivity index (χ1v) is 5.58. The molecule has 0 spiro atoms. The van der Waals surface area contributed by atoms with Gasteiger partial charge in [-0.3, -0.25) is 4.98 Å². The number of hydrogen-bond donors (Lipinski definition) is 0. The lowest BCUT2D eigenvalue weighted by atomic mass is 10.2. The van der Waals surface area contributed by atoms with Crippen LogP contribution in [0.25, 0.3) is 10.7 Å². The summed E-state index contributed by atoms with van der Waals surface area (Å²) < 4.78 is 0.942. The maximum absolute atomic E-state index is 4.27. The van der Waals surface area contributed by atoms with E-state index in [1.807, 2.05) is 19.1 Å². The van der Waals surface area contributed by atoms with Crippen molar-refractivity contribution in [2.75, 3.05) is 0 Å². The highest BCUT2D eigenvalue weighted by Crippen LogP contribution is 2.24. The summed E-state index contributed by atoms with van der Waals surface area (Å²) in [5.74, 6) is 0. The maximum Gasteiger partial charge on any atom is 0.178 e. The molecule has 0 aromatic carbocycles. The van der Waals surface area contributed by atoms with E-state index in [2.05, 4.69) is 37.8 Å². The lowest BCUT2D eigenvalue weighted by Crippen LogP contribution is -1.85. The predicted octanol–water partition coefficient (Wildman–Crippen LogP) is 2.51. The third kappa shape index (κ3) is 1.86. The number of halogens is 1. The third-order valence-electron chi connectivity index (χ3n) is 1.61. The lowest BCUT2D eigenvalue weighted by molar-refractivity contribution is 1.06. The van der Waals surface area contributed by atoms with Crippen molar-refractivity contribution >= 4 is 33.9 Å².